The monoisotopic (exact) mass is 659 g/mol. The van der Waals surface area contributed by atoms with Gasteiger partial charge in [0.15, 0.2) is 0 Å². The number of hydrogen-bond donors (Lipinski definition) is 2. The number of methoxy groups -OCH3 is 1. The molecule has 2 fully saturated rings. The summed E-state index contributed by atoms with van der Waals surface area (Å²) < 4.78 is 13.2. The number of alkyl carbamates (subject to hydrolysis) is 1. The third kappa shape index (κ3) is 9.81. The number of nitrogens with one attached hydrogen (secondary N) is 2. The maximum atomic E-state index is 13.9. The van der Waals surface area contributed by atoms with Crippen molar-refractivity contribution in [3.63, 3.8) is 0 Å². The standard InChI is InChI=1S/C38H53N5O5/c1-38(2,3)48-37(46)40-31(24-27-17-19-28(20-18-27)36(45)39-30-13-6-5-7-14-30)25-34(44)42-21-10-12-29(26-42)35-41-32-15-8-9-16-33(32)43(35)22-11-23-47-4/h8-9,15-20,29-31H,5-7,10-14,21-26H2,1-4H3,(H,39,45)(H,40,46)/t29-,31-/m1/s1. The van der Waals surface area contributed by atoms with Crippen LogP contribution in [0.4, 0.5) is 4.79 Å². The van der Waals surface area contributed by atoms with E-state index in [1.54, 1.807) is 7.11 Å². The van der Waals surface area contributed by atoms with Crippen molar-refractivity contribution in [3.8, 4) is 0 Å². The Labute approximate surface area is 284 Å². The highest BCUT2D eigenvalue weighted by Crippen LogP contribution is 2.30. The van der Waals surface area contributed by atoms with E-state index < -0.39 is 17.7 Å². The van der Waals surface area contributed by atoms with Gasteiger partial charge < -0.3 is 29.6 Å². The Morgan fingerprint density at radius 1 is 0.979 bits per heavy atom. The van der Waals surface area contributed by atoms with Crippen molar-refractivity contribution in [2.24, 2.45) is 0 Å². The summed E-state index contributed by atoms with van der Waals surface area (Å²) in [6, 6.07) is 15.4. The molecule has 2 N–H and O–H groups in total. The van der Waals surface area contributed by atoms with Crippen LogP contribution in [0.5, 0.6) is 0 Å². The number of aryl methyl sites for hydroxylation is 1. The van der Waals surface area contributed by atoms with Crippen molar-refractivity contribution in [3.05, 3.63) is 65.5 Å². The fourth-order valence-electron chi connectivity index (χ4n) is 7.00. The highest BCUT2D eigenvalue weighted by molar-refractivity contribution is 5.94. The number of benzene rings is 2. The molecule has 10 heteroatoms. The summed E-state index contributed by atoms with van der Waals surface area (Å²) in [7, 11) is 1.72. The minimum absolute atomic E-state index is 0.00807. The molecule has 48 heavy (non-hydrogen) atoms. The number of para-hydroxylation sites is 2. The van der Waals surface area contributed by atoms with Crippen molar-refractivity contribution >= 4 is 28.9 Å². The van der Waals surface area contributed by atoms with E-state index >= 15 is 0 Å². The summed E-state index contributed by atoms with van der Waals surface area (Å²) in [5.74, 6) is 1.06. The van der Waals surface area contributed by atoms with Crippen LogP contribution in [0.1, 0.15) is 106 Å². The summed E-state index contributed by atoms with van der Waals surface area (Å²) in [6.45, 7) is 8.18. The third-order valence-corrected chi connectivity index (χ3v) is 9.33. The molecule has 3 amide bonds. The Morgan fingerprint density at radius 3 is 2.46 bits per heavy atom. The van der Waals surface area contributed by atoms with Crippen molar-refractivity contribution in [2.45, 2.75) is 115 Å². The first-order valence-corrected chi connectivity index (χ1v) is 17.7. The molecule has 2 heterocycles. The summed E-state index contributed by atoms with van der Waals surface area (Å²) in [4.78, 5) is 46.6. The van der Waals surface area contributed by atoms with Crippen LogP contribution < -0.4 is 10.6 Å². The van der Waals surface area contributed by atoms with Gasteiger partial charge in [0.2, 0.25) is 5.91 Å². The van der Waals surface area contributed by atoms with Crippen LogP contribution in [0, 0.1) is 0 Å². The number of piperidine rings is 1. The summed E-state index contributed by atoms with van der Waals surface area (Å²) in [6.07, 6.45) is 8.34. The molecule has 1 saturated carbocycles. The lowest BCUT2D eigenvalue weighted by molar-refractivity contribution is -0.133. The Hall–Kier alpha value is -3.92. The molecule has 3 aromatic rings. The lowest BCUT2D eigenvalue weighted by atomic mass is 9.95. The van der Waals surface area contributed by atoms with E-state index in [1.165, 1.54) is 6.42 Å². The van der Waals surface area contributed by atoms with Gasteiger partial charge in [-0.3, -0.25) is 9.59 Å². The van der Waals surface area contributed by atoms with E-state index in [-0.39, 0.29) is 30.2 Å². The first-order valence-electron chi connectivity index (χ1n) is 17.7. The molecule has 2 aliphatic rings. The molecule has 5 rings (SSSR count). The van der Waals surface area contributed by atoms with Gasteiger partial charge >= 0.3 is 6.09 Å². The zero-order chi connectivity index (χ0) is 34.1. The minimum atomic E-state index is -0.666. The fraction of sp³-hybridized carbons (Fsp3) is 0.579. The average molecular weight is 660 g/mol. The number of hydrogen-bond acceptors (Lipinski definition) is 6. The summed E-state index contributed by atoms with van der Waals surface area (Å²) >= 11 is 0. The van der Waals surface area contributed by atoms with Crippen LogP contribution in [0.25, 0.3) is 11.0 Å². The Bertz CT molecular complexity index is 1520. The molecule has 2 atom stereocenters. The highest BCUT2D eigenvalue weighted by Gasteiger charge is 2.31. The predicted octanol–water partition coefficient (Wildman–Crippen LogP) is 6.37. The number of carbonyl (C=O) groups excluding carboxylic acids is 3. The molecular formula is C38H53N5O5. The van der Waals surface area contributed by atoms with Gasteiger partial charge in [0.05, 0.1) is 11.0 Å². The second-order valence-corrected chi connectivity index (χ2v) is 14.4. The maximum Gasteiger partial charge on any atom is 0.407 e. The first-order chi connectivity index (χ1) is 23.1. The second kappa shape index (κ2) is 16.5. The smallest absolute Gasteiger partial charge is 0.407 e. The zero-order valence-corrected chi connectivity index (χ0v) is 29.1. The van der Waals surface area contributed by atoms with Crippen LogP contribution in [0.3, 0.4) is 0 Å². The largest absolute Gasteiger partial charge is 0.444 e. The number of imidazole rings is 1. The van der Waals surface area contributed by atoms with Crippen molar-refractivity contribution in [2.75, 3.05) is 26.8 Å². The van der Waals surface area contributed by atoms with Gasteiger partial charge in [0, 0.05) is 63.3 Å². The van der Waals surface area contributed by atoms with Crippen molar-refractivity contribution in [1.82, 2.24) is 25.1 Å². The number of fused-ring (bicyclic) bond motifs is 1. The molecule has 1 aliphatic carbocycles. The lowest BCUT2D eigenvalue weighted by Crippen LogP contribution is -2.46. The van der Waals surface area contributed by atoms with E-state index in [4.69, 9.17) is 14.5 Å². The van der Waals surface area contributed by atoms with Gasteiger partial charge in [-0.05, 0) is 89.1 Å². The van der Waals surface area contributed by atoms with Crippen molar-refractivity contribution in [1.29, 1.82) is 0 Å². The molecule has 0 unspecified atom stereocenters. The summed E-state index contributed by atoms with van der Waals surface area (Å²) in [5.41, 5.74) is 2.95. The van der Waals surface area contributed by atoms with Crippen LogP contribution in [0.15, 0.2) is 48.5 Å². The molecule has 1 saturated heterocycles. The highest BCUT2D eigenvalue weighted by atomic mass is 16.6. The van der Waals surface area contributed by atoms with Gasteiger partial charge in [0.1, 0.15) is 11.4 Å². The molecule has 1 aromatic heterocycles. The Balaban J connectivity index is 1.27. The van der Waals surface area contributed by atoms with Crippen LogP contribution in [0.2, 0.25) is 0 Å². The lowest BCUT2D eigenvalue weighted by Gasteiger charge is -2.34. The topological polar surface area (TPSA) is 115 Å². The number of nitrogens with zero attached hydrogens (tertiary/aromatic N) is 3. The molecule has 0 radical (unpaired) electrons. The molecular weight excluding hydrogens is 606 g/mol. The van der Waals surface area contributed by atoms with Crippen molar-refractivity contribution < 1.29 is 23.9 Å². The zero-order valence-electron chi connectivity index (χ0n) is 29.1. The molecule has 2 aromatic carbocycles. The number of ether oxygens (including phenoxy) is 2. The number of aromatic nitrogens is 2. The van der Waals surface area contributed by atoms with Crippen LogP contribution in [-0.4, -0.2) is 76.8 Å². The van der Waals surface area contributed by atoms with E-state index in [2.05, 4.69) is 21.3 Å². The Morgan fingerprint density at radius 2 is 1.73 bits per heavy atom. The quantitative estimate of drug-likeness (QED) is 0.219. The van der Waals surface area contributed by atoms with Crippen LogP contribution in [-0.2, 0) is 27.2 Å². The number of rotatable bonds is 12. The maximum absolute atomic E-state index is 13.9. The number of amides is 3. The molecule has 10 nitrogen and oxygen atoms in total. The molecule has 1 aliphatic heterocycles. The number of likely N-dealkylation sites (tertiary alicyclic amines) is 1. The second-order valence-electron chi connectivity index (χ2n) is 14.4. The minimum Gasteiger partial charge on any atom is -0.444 e. The van der Waals surface area contributed by atoms with Gasteiger partial charge in [-0.15, -0.1) is 0 Å². The van der Waals surface area contributed by atoms with E-state index in [1.807, 2.05) is 68.1 Å². The van der Waals surface area contributed by atoms with Gasteiger partial charge in [-0.1, -0.05) is 43.5 Å². The predicted molar refractivity (Wildman–Crippen MR) is 187 cm³/mol. The fourth-order valence-corrected chi connectivity index (χ4v) is 7.00. The number of carbonyl (C=O) groups is 3. The molecule has 0 spiro atoms. The van der Waals surface area contributed by atoms with Crippen LogP contribution >= 0.6 is 0 Å². The van der Waals surface area contributed by atoms with Gasteiger partial charge in [-0.25, -0.2) is 9.78 Å². The normalized spacial score (nSPS) is 18.0. The first kappa shape index (κ1) is 35.4. The van der Waals surface area contributed by atoms with E-state index in [0.717, 1.165) is 73.9 Å². The van der Waals surface area contributed by atoms with E-state index in [9.17, 15) is 14.4 Å². The molecule has 260 valence electrons. The molecule has 0 bridgehead atoms. The SMILES string of the molecule is COCCCn1c([C@@H]2CCCN(C(=O)C[C@@H](Cc3ccc(C(=O)NC4CCCCC4)cc3)NC(=O)OC(C)(C)C)C2)nc2ccccc21. The average Bonchev–Trinajstić information content (AvgIpc) is 3.43. The van der Waals surface area contributed by atoms with E-state index in [0.29, 0.717) is 31.7 Å². The van der Waals surface area contributed by atoms with Gasteiger partial charge in [0.25, 0.3) is 5.91 Å². The summed E-state index contributed by atoms with van der Waals surface area (Å²) in [5, 5.41) is 6.14. The Kier molecular flexibility index (Phi) is 12.1. The van der Waals surface area contributed by atoms with Gasteiger partial charge in [-0.2, -0.15) is 0 Å². The third-order valence-electron chi connectivity index (χ3n) is 9.33.